The van der Waals surface area contributed by atoms with Crippen LogP contribution in [0.15, 0.2) is 18.2 Å². The first-order chi connectivity index (χ1) is 12.6. The van der Waals surface area contributed by atoms with E-state index in [9.17, 15) is 18.0 Å². The van der Waals surface area contributed by atoms with Gasteiger partial charge in [0.05, 0.1) is 15.8 Å². The summed E-state index contributed by atoms with van der Waals surface area (Å²) in [6.07, 6.45) is 0.836. The number of nitrogens with zero attached hydrogens (tertiary/aromatic N) is 1. The zero-order valence-corrected chi connectivity index (χ0v) is 16.8. The van der Waals surface area contributed by atoms with E-state index in [4.69, 9.17) is 27.9 Å². The molecule has 27 heavy (non-hydrogen) atoms. The van der Waals surface area contributed by atoms with Gasteiger partial charge in [0.25, 0.3) is 5.91 Å². The Morgan fingerprint density at radius 2 is 1.89 bits per heavy atom. The second-order valence-corrected chi connectivity index (χ2v) is 9.57. The molecule has 3 amide bonds. The summed E-state index contributed by atoms with van der Waals surface area (Å²) in [6, 6.07) is 4.28. The van der Waals surface area contributed by atoms with E-state index < -0.39 is 33.3 Å². The van der Waals surface area contributed by atoms with Crippen molar-refractivity contribution < 1.29 is 22.7 Å². The maximum absolute atomic E-state index is 12.7. The standard InChI is InChI=1S/C16H19Cl2N3O5S/c1-16(14(22)19-15(23)20-16)9-27(24,25)21-6-4-10(5-7-21)26-11-2-3-12(17)13(18)8-11/h2-3,8,10H,4-7,9H2,1H3,(H2,19,20,22,23). The molecule has 2 saturated heterocycles. The van der Waals surface area contributed by atoms with Gasteiger partial charge in [-0.05, 0) is 31.9 Å². The van der Waals surface area contributed by atoms with Gasteiger partial charge in [-0.3, -0.25) is 10.1 Å². The SMILES string of the molecule is CC1(CS(=O)(=O)N2CCC(Oc3ccc(Cl)c(Cl)c3)CC2)NC(=O)NC1=O. The number of piperidine rings is 1. The first-order valence-electron chi connectivity index (χ1n) is 8.32. The Hall–Kier alpha value is -1.55. The van der Waals surface area contributed by atoms with Crippen LogP contribution in [0.1, 0.15) is 19.8 Å². The number of benzene rings is 1. The van der Waals surface area contributed by atoms with E-state index in [1.807, 2.05) is 0 Å². The van der Waals surface area contributed by atoms with Gasteiger partial charge in [-0.25, -0.2) is 17.5 Å². The summed E-state index contributed by atoms with van der Waals surface area (Å²) in [7, 11) is -3.73. The van der Waals surface area contributed by atoms with E-state index in [1.165, 1.54) is 11.2 Å². The fourth-order valence-corrected chi connectivity index (χ4v) is 5.28. The minimum Gasteiger partial charge on any atom is -0.490 e. The van der Waals surface area contributed by atoms with Crippen LogP contribution in [-0.2, 0) is 14.8 Å². The molecule has 0 spiro atoms. The van der Waals surface area contributed by atoms with Crippen molar-refractivity contribution in [3.05, 3.63) is 28.2 Å². The lowest BCUT2D eigenvalue weighted by atomic mass is 10.1. The second kappa shape index (κ2) is 7.46. The highest BCUT2D eigenvalue weighted by Gasteiger charge is 2.46. The molecule has 0 bridgehead atoms. The minimum atomic E-state index is -3.73. The van der Waals surface area contributed by atoms with Gasteiger partial charge < -0.3 is 10.1 Å². The molecule has 1 unspecified atom stereocenters. The largest absolute Gasteiger partial charge is 0.490 e. The summed E-state index contributed by atoms with van der Waals surface area (Å²) < 4.78 is 32.5. The van der Waals surface area contributed by atoms with Gasteiger partial charge in [0, 0.05) is 19.2 Å². The van der Waals surface area contributed by atoms with Gasteiger partial charge in [-0.1, -0.05) is 23.2 Å². The number of ether oxygens (including phenoxy) is 1. The average molecular weight is 436 g/mol. The highest BCUT2D eigenvalue weighted by atomic mass is 35.5. The number of carbonyl (C=O) groups is 2. The molecule has 1 atom stereocenters. The lowest BCUT2D eigenvalue weighted by Gasteiger charge is -2.33. The predicted molar refractivity (Wildman–Crippen MR) is 101 cm³/mol. The van der Waals surface area contributed by atoms with Crippen molar-refractivity contribution in [1.29, 1.82) is 0 Å². The first kappa shape index (κ1) is 20.2. The highest BCUT2D eigenvalue weighted by Crippen LogP contribution is 2.28. The number of hydrogen-bond donors (Lipinski definition) is 2. The Kier molecular flexibility index (Phi) is 5.58. The van der Waals surface area contributed by atoms with Crippen LogP contribution in [0.25, 0.3) is 0 Å². The molecule has 0 aromatic heterocycles. The van der Waals surface area contributed by atoms with Crippen LogP contribution in [0.2, 0.25) is 10.0 Å². The molecule has 11 heteroatoms. The Morgan fingerprint density at radius 3 is 2.44 bits per heavy atom. The van der Waals surface area contributed by atoms with Gasteiger partial charge in [0.15, 0.2) is 0 Å². The molecule has 2 heterocycles. The summed E-state index contributed by atoms with van der Waals surface area (Å²) in [6.45, 7) is 1.92. The van der Waals surface area contributed by atoms with E-state index >= 15 is 0 Å². The van der Waals surface area contributed by atoms with Crippen LogP contribution in [0.3, 0.4) is 0 Å². The summed E-state index contributed by atoms with van der Waals surface area (Å²) >= 11 is 11.8. The number of hydrogen-bond acceptors (Lipinski definition) is 5. The predicted octanol–water partition coefficient (Wildman–Crippen LogP) is 1.76. The van der Waals surface area contributed by atoms with Crippen molar-refractivity contribution in [3.63, 3.8) is 0 Å². The van der Waals surface area contributed by atoms with E-state index in [0.29, 0.717) is 28.6 Å². The number of halogens is 2. The molecule has 3 rings (SSSR count). The Balaban J connectivity index is 1.58. The number of rotatable bonds is 5. The van der Waals surface area contributed by atoms with Crippen molar-refractivity contribution in [2.45, 2.75) is 31.4 Å². The molecule has 2 fully saturated rings. The molecule has 0 radical (unpaired) electrons. The van der Waals surface area contributed by atoms with Crippen LogP contribution in [0.4, 0.5) is 4.79 Å². The number of urea groups is 1. The molecule has 2 aliphatic rings. The van der Waals surface area contributed by atoms with E-state index in [2.05, 4.69) is 10.6 Å². The van der Waals surface area contributed by atoms with Crippen LogP contribution in [0.5, 0.6) is 5.75 Å². The topological polar surface area (TPSA) is 105 Å². The quantitative estimate of drug-likeness (QED) is 0.685. The third-order valence-corrected chi connectivity index (χ3v) is 7.41. The normalized spacial score (nSPS) is 24.6. The van der Waals surface area contributed by atoms with Crippen molar-refractivity contribution in [2.75, 3.05) is 18.8 Å². The van der Waals surface area contributed by atoms with E-state index in [0.717, 1.165) is 0 Å². The fourth-order valence-electron chi connectivity index (χ4n) is 3.11. The molecule has 1 aromatic rings. The number of carbonyl (C=O) groups excluding carboxylic acids is 2. The molecule has 0 aliphatic carbocycles. The van der Waals surface area contributed by atoms with Gasteiger partial charge >= 0.3 is 6.03 Å². The maximum Gasteiger partial charge on any atom is 0.322 e. The third-order valence-electron chi connectivity index (χ3n) is 4.58. The molecule has 148 valence electrons. The van der Waals surface area contributed by atoms with E-state index in [-0.39, 0.29) is 19.2 Å². The lowest BCUT2D eigenvalue weighted by Crippen LogP contribution is -2.53. The summed E-state index contributed by atoms with van der Waals surface area (Å²) in [5.74, 6) is -0.562. The summed E-state index contributed by atoms with van der Waals surface area (Å²) in [5, 5.41) is 5.26. The lowest BCUT2D eigenvalue weighted by molar-refractivity contribution is -0.122. The monoisotopic (exact) mass is 435 g/mol. The van der Waals surface area contributed by atoms with Gasteiger partial charge in [-0.15, -0.1) is 0 Å². The average Bonchev–Trinajstić information content (AvgIpc) is 2.82. The van der Waals surface area contributed by atoms with Gasteiger partial charge in [0.1, 0.15) is 17.4 Å². The van der Waals surface area contributed by atoms with Crippen LogP contribution < -0.4 is 15.4 Å². The van der Waals surface area contributed by atoms with Crippen molar-refractivity contribution in [2.24, 2.45) is 0 Å². The molecule has 2 aliphatic heterocycles. The first-order valence-corrected chi connectivity index (χ1v) is 10.7. The highest BCUT2D eigenvalue weighted by molar-refractivity contribution is 7.89. The van der Waals surface area contributed by atoms with Crippen LogP contribution in [0, 0.1) is 0 Å². The third kappa shape index (κ3) is 4.48. The van der Waals surface area contributed by atoms with Crippen molar-refractivity contribution in [1.82, 2.24) is 14.9 Å². The summed E-state index contributed by atoms with van der Waals surface area (Å²) in [4.78, 5) is 23.2. The number of imide groups is 1. The molecule has 0 saturated carbocycles. The van der Waals surface area contributed by atoms with Crippen molar-refractivity contribution >= 4 is 45.2 Å². The zero-order chi connectivity index (χ0) is 19.8. The molecule has 8 nitrogen and oxygen atoms in total. The number of sulfonamides is 1. The summed E-state index contributed by atoms with van der Waals surface area (Å²) in [5.41, 5.74) is -1.47. The molecule has 1 aromatic carbocycles. The fraction of sp³-hybridized carbons (Fsp3) is 0.500. The van der Waals surface area contributed by atoms with Gasteiger partial charge in [0.2, 0.25) is 10.0 Å². The Bertz CT molecular complexity index is 871. The van der Waals surface area contributed by atoms with Crippen LogP contribution in [-0.4, -0.2) is 55.1 Å². The molecule has 2 N–H and O–H groups in total. The Morgan fingerprint density at radius 1 is 1.22 bits per heavy atom. The Labute approximate surface area is 167 Å². The second-order valence-electron chi connectivity index (χ2n) is 6.79. The van der Waals surface area contributed by atoms with Gasteiger partial charge in [-0.2, -0.15) is 0 Å². The van der Waals surface area contributed by atoms with Crippen LogP contribution >= 0.6 is 23.2 Å². The van der Waals surface area contributed by atoms with Crippen molar-refractivity contribution in [3.8, 4) is 5.75 Å². The molecular formula is C16H19Cl2N3O5S. The number of amides is 3. The molecular weight excluding hydrogens is 417 g/mol. The minimum absolute atomic E-state index is 0.154. The number of nitrogens with one attached hydrogen (secondary N) is 2. The maximum atomic E-state index is 12.7. The smallest absolute Gasteiger partial charge is 0.322 e. The van der Waals surface area contributed by atoms with E-state index in [1.54, 1.807) is 18.2 Å². The zero-order valence-electron chi connectivity index (χ0n) is 14.5.